The Balaban J connectivity index is 1.71. The average Bonchev–Trinajstić information content (AvgIpc) is 3.85. The second kappa shape index (κ2) is 29.6. The van der Waals surface area contributed by atoms with Crippen LogP contribution in [0, 0.1) is 0 Å². The molecule has 0 radical (unpaired) electrons. The summed E-state index contributed by atoms with van der Waals surface area (Å²) < 4.78 is 0. The molecule has 0 aliphatic carbocycles. The van der Waals surface area contributed by atoms with E-state index in [4.69, 9.17) is 22.9 Å². The van der Waals surface area contributed by atoms with Crippen molar-refractivity contribution in [1.29, 1.82) is 0 Å². The molecule has 0 saturated carbocycles. The Morgan fingerprint density at radius 2 is 1.29 bits per heavy atom. The molecule has 73 heavy (non-hydrogen) atoms. The van der Waals surface area contributed by atoms with Crippen molar-refractivity contribution in [3.8, 4) is 5.75 Å². The molecule has 0 aromatic heterocycles. The Morgan fingerprint density at radius 3 is 1.90 bits per heavy atom. The Labute approximate surface area is 429 Å². The van der Waals surface area contributed by atoms with Crippen molar-refractivity contribution in [3.63, 3.8) is 0 Å². The molecule has 11 amide bonds. The van der Waals surface area contributed by atoms with Gasteiger partial charge in [-0.3, -0.25) is 52.7 Å². The number of nitrogens with two attached hydrogens (primary N) is 4. The van der Waals surface area contributed by atoms with Crippen molar-refractivity contribution in [2.24, 2.45) is 22.9 Å². The summed E-state index contributed by atoms with van der Waals surface area (Å²) in [5.41, 5.74) is 23.6. The second-order valence-corrected chi connectivity index (χ2v) is 20.2. The van der Waals surface area contributed by atoms with E-state index in [1.165, 1.54) is 29.2 Å². The lowest BCUT2D eigenvalue weighted by molar-refractivity contribution is -0.142. The Bertz CT molecular complexity index is 2300. The van der Waals surface area contributed by atoms with Crippen molar-refractivity contribution in [1.82, 2.24) is 42.1 Å². The highest BCUT2D eigenvalue weighted by Gasteiger charge is 2.40. The third-order valence-electron chi connectivity index (χ3n) is 11.8. The minimum Gasteiger partial charge on any atom is -0.508 e. The Kier molecular flexibility index (Phi) is 23.7. The maximum atomic E-state index is 14.6. The number of amides is 11. The number of rotatable bonds is 19. The maximum absolute atomic E-state index is 14.6. The van der Waals surface area contributed by atoms with Crippen LogP contribution in [0.1, 0.15) is 75.8 Å². The quantitative estimate of drug-likeness (QED) is 0.0497. The van der Waals surface area contributed by atoms with Gasteiger partial charge in [0.05, 0.1) is 19.0 Å². The van der Waals surface area contributed by atoms with Gasteiger partial charge in [0, 0.05) is 37.3 Å². The Morgan fingerprint density at radius 1 is 0.712 bits per heavy atom. The van der Waals surface area contributed by atoms with Gasteiger partial charge >= 0.3 is 0 Å². The number of hydrogen-bond donors (Lipinski definition) is 12. The molecule has 2 aliphatic heterocycles. The number of carbonyl (C=O) groups excluding carboxylic acids is 11. The van der Waals surface area contributed by atoms with Gasteiger partial charge in [0.2, 0.25) is 65.0 Å². The van der Waals surface area contributed by atoms with Gasteiger partial charge in [-0.05, 0) is 48.9 Å². The van der Waals surface area contributed by atoms with E-state index in [0.29, 0.717) is 24.0 Å². The third-order valence-corrected chi connectivity index (χ3v) is 14.2. The minimum atomic E-state index is -1.77. The number of primary amides is 3. The van der Waals surface area contributed by atoms with Crippen LogP contribution < -0.4 is 60.2 Å². The van der Waals surface area contributed by atoms with Crippen LogP contribution >= 0.6 is 21.6 Å². The molecule has 24 nitrogen and oxygen atoms in total. The molecule has 2 aliphatic rings. The van der Waals surface area contributed by atoms with Crippen LogP contribution in [0.5, 0.6) is 5.75 Å². The fourth-order valence-corrected chi connectivity index (χ4v) is 10.2. The minimum absolute atomic E-state index is 0.0490. The number of phenolic OH excluding ortho intramolecular Hbond substituents is 1. The third kappa shape index (κ3) is 19.5. The summed E-state index contributed by atoms with van der Waals surface area (Å²) in [6.07, 6.45) is 0.914. The highest BCUT2D eigenvalue weighted by Crippen LogP contribution is 2.26. The van der Waals surface area contributed by atoms with Gasteiger partial charge in [0.25, 0.3) is 0 Å². The highest BCUT2D eigenvalue weighted by molar-refractivity contribution is 8.76. The molecular formula is C47H66N12O12S2. The summed E-state index contributed by atoms with van der Waals surface area (Å²) in [5, 5.41) is 27.9. The van der Waals surface area contributed by atoms with E-state index in [-0.39, 0.29) is 49.5 Å². The lowest BCUT2D eigenvalue weighted by Crippen LogP contribution is -2.61. The normalized spacial score (nSPS) is 23.0. The van der Waals surface area contributed by atoms with Gasteiger partial charge in [-0.1, -0.05) is 90.2 Å². The molecule has 0 spiro atoms. The van der Waals surface area contributed by atoms with Gasteiger partial charge in [-0.2, -0.15) is 0 Å². The zero-order chi connectivity index (χ0) is 53.6. The molecule has 2 saturated heterocycles. The maximum Gasteiger partial charge on any atom is 0.246 e. The van der Waals surface area contributed by atoms with Gasteiger partial charge in [0.15, 0.2) is 0 Å². The van der Waals surface area contributed by atoms with E-state index < -0.39 is 139 Å². The monoisotopic (exact) mass is 1050 g/mol. The zero-order valence-corrected chi connectivity index (χ0v) is 42.1. The summed E-state index contributed by atoms with van der Waals surface area (Å²) >= 11 is 0. The lowest BCUT2D eigenvalue weighted by Gasteiger charge is -2.31. The summed E-state index contributed by atoms with van der Waals surface area (Å²) in [6.45, 7) is 1.54. The summed E-state index contributed by atoms with van der Waals surface area (Å²) in [6, 6.07) is 3.25. The molecule has 398 valence electrons. The van der Waals surface area contributed by atoms with E-state index in [2.05, 4.69) is 37.2 Å². The first-order chi connectivity index (χ1) is 34.8. The predicted octanol–water partition coefficient (Wildman–Crippen LogP) is -2.88. The lowest BCUT2D eigenvalue weighted by atomic mass is 10.0. The van der Waals surface area contributed by atoms with E-state index >= 15 is 0 Å². The highest BCUT2D eigenvalue weighted by atomic mass is 33.1. The van der Waals surface area contributed by atoms with E-state index in [1.54, 1.807) is 30.3 Å². The molecule has 16 N–H and O–H groups in total. The molecule has 2 aromatic rings. The number of phenols is 1. The van der Waals surface area contributed by atoms with Crippen LogP contribution in [0.25, 0.3) is 0 Å². The van der Waals surface area contributed by atoms with E-state index in [9.17, 15) is 57.8 Å². The molecule has 2 heterocycles. The van der Waals surface area contributed by atoms with Gasteiger partial charge < -0.3 is 70.2 Å². The molecule has 0 bridgehead atoms. The number of likely N-dealkylation sites (tertiary alicyclic amines) is 1. The molecule has 4 rings (SSSR count). The van der Waals surface area contributed by atoms with Gasteiger partial charge in [0.1, 0.15) is 48.0 Å². The molecule has 26 heteroatoms. The van der Waals surface area contributed by atoms with E-state index in [0.717, 1.165) is 34.4 Å². The van der Waals surface area contributed by atoms with Crippen LogP contribution in [-0.4, -0.2) is 148 Å². The molecule has 2 fully saturated rings. The zero-order valence-electron chi connectivity index (χ0n) is 40.4. The number of nitrogens with zero attached hydrogens (tertiary/aromatic N) is 1. The van der Waals surface area contributed by atoms with Crippen molar-refractivity contribution < 1.29 is 57.8 Å². The van der Waals surface area contributed by atoms with Crippen LogP contribution in [0.4, 0.5) is 0 Å². The second-order valence-electron chi connectivity index (χ2n) is 17.6. The molecule has 8 atom stereocenters. The van der Waals surface area contributed by atoms with Crippen molar-refractivity contribution in [3.05, 3.63) is 65.7 Å². The first-order valence-electron chi connectivity index (χ1n) is 23.8. The molecule has 0 unspecified atom stereocenters. The number of benzene rings is 2. The summed E-state index contributed by atoms with van der Waals surface area (Å²) in [5.74, 6) is -9.84. The van der Waals surface area contributed by atoms with Crippen molar-refractivity contribution >= 4 is 86.6 Å². The number of unbranched alkanes of at least 4 members (excludes halogenated alkanes) is 2. The first kappa shape index (κ1) is 58.6. The summed E-state index contributed by atoms with van der Waals surface area (Å²) in [4.78, 5) is 149. The first-order valence-corrected chi connectivity index (χ1v) is 26.3. The molecular weight excluding hydrogens is 989 g/mol. The Hall–Kier alpha value is -6.93. The number of nitrogens with one attached hydrogen (secondary N) is 7. The van der Waals surface area contributed by atoms with Gasteiger partial charge in [-0.25, -0.2) is 0 Å². The van der Waals surface area contributed by atoms with Crippen LogP contribution in [-0.2, 0) is 65.6 Å². The molecule has 2 aromatic carbocycles. The van der Waals surface area contributed by atoms with E-state index in [1.807, 2.05) is 6.92 Å². The van der Waals surface area contributed by atoms with Crippen molar-refractivity contribution in [2.45, 2.75) is 126 Å². The number of carbonyl (C=O) groups is 11. The fraction of sp³-hybridized carbons (Fsp3) is 0.511. The SMILES string of the molecule is CCCCC[C@H](NC(=O)[C@@H]1CCCN1C(=O)[C@@H]1CSSC[C@H](N)C(=O)N[C@@H](Cc2ccc(O)cc2)C(=O)N[C@@H](Cc2ccccc2)C(=O)N[C@@H](CCC(N)=O)C(=O)N[C@@H](CC(N)=O)C(=O)N1)C(=O)NCC(N)=O. The number of hydrogen-bond acceptors (Lipinski definition) is 15. The van der Waals surface area contributed by atoms with Crippen LogP contribution in [0.3, 0.4) is 0 Å². The number of aromatic hydroxyl groups is 1. The van der Waals surface area contributed by atoms with Gasteiger partial charge in [-0.15, -0.1) is 0 Å². The van der Waals surface area contributed by atoms with Crippen LogP contribution in [0.2, 0.25) is 0 Å². The topological polar surface area (TPSA) is 400 Å². The smallest absolute Gasteiger partial charge is 0.246 e. The fourth-order valence-electron chi connectivity index (χ4n) is 7.89. The predicted molar refractivity (Wildman–Crippen MR) is 270 cm³/mol. The van der Waals surface area contributed by atoms with Crippen molar-refractivity contribution in [2.75, 3.05) is 24.6 Å². The standard InChI is InChI=1S/C47H66N12O12S2/c1-2-3-5-11-30(41(65)52-23-39(51)63)54-46(70)36-12-8-19-59(36)47(71)35-25-73-72-24-29(48)40(64)55-32(21-27-13-15-28(60)16-14-27)44(68)56-33(20-26-9-6-4-7-10-26)43(67)53-31(17-18-37(49)61)42(66)57-34(22-38(50)62)45(69)58-35/h4,6-7,9-10,13-16,29-36,60H,2-3,5,8,11-12,17-25,48H2,1H3,(H2,49,61)(H2,50,62)(H2,51,63)(H,52,65)(H,53,67)(H,54,70)(H,55,64)(H,56,68)(H,57,66)(H,58,69)/t29-,30-,31-,32-,33-,34-,35-,36-/m0/s1. The largest absolute Gasteiger partial charge is 0.508 e. The van der Waals surface area contributed by atoms with Crippen LogP contribution in [0.15, 0.2) is 54.6 Å². The summed E-state index contributed by atoms with van der Waals surface area (Å²) in [7, 11) is 2.04. The average molecular weight is 1060 g/mol.